The predicted octanol–water partition coefficient (Wildman–Crippen LogP) is 1.89. The van der Waals surface area contributed by atoms with Crippen molar-refractivity contribution in [2.45, 2.75) is 6.54 Å². The van der Waals surface area contributed by atoms with Crippen LogP contribution >= 0.6 is 0 Å². The van der Waals surface area contributed by atoms with E-state index in [2.05, 4.69) is 9.88 Å². The van der Waals surface area contributed by atoms with Crippen LogP contribution in [0, 0.1) is 0 Å². The molecule has 0 aliphatic rings. The van der Waals surface area contributed by atoms with Gasteiger partial charge in [-0.1, -0.05) is 0 Å². The highest BCUT2D eigenvalue weighted by atomic mass is 16.3. The summed E-state index contributed by atoms with van der Waals surface area (Å²) in [6.45, 7) is 0.719. The molecule has 0 fully saturated rings. The molecule has 0 aromatic carbocycles. The first kappa shape index (κ1) is 9.58. The Morgan fingerprint density at radius 1 is 1.47 bits per heavy atom. The molecule has 78 valence electrons. The molecule has 2 aromatic rings. The monoisotopic (exact) mass is 203 g/mol. The molecule has 2 aromatic heterocycles. The van der Waals surface area contributed by atoms with Gasteiger partial charge < -0.3 is 15.1 Å². The molecule has 15 heavy (non-hydrogen) atoms. The van der Waals surface area contributed by atoms with Crippen LogP contribution in [0.2, 0.25) is 0 Å². The topological polar surface area (TPSA) is 55.3 Å². The molecule has 4 nitrogen and oxygen atoms in total. The van der Waals surface area contributed by atoms with E-state index in [9.17, 15) is 0 Å². The normalized spacial score (nSPS) is 10.2. The predicted molar refractivity (Wildman–Crippen MR) is 59.5 cm³/mol. The molecule has 0 saturated heterocycles. The maximum absolute atomic E-state index is 5.61. The molecule has 0 aliphatic carbocycles. The zero-order chi connectivity index (χ0) is 10.7. The molecule has 0 radical (unpaired) electrons. The second-order valence-electron chi connectivity index (χ2n) is 3.37. The standard InChI is InChI=1S/C11H13N3O/c1-14(8-10-3-2-6-15-10)9-4-5-13-11(12)7-9/h2-7H,8H2,1H3,(H2,12,13). The summed E-state index contributed by atoms with van der Waals surface area (Å²) in [5.74, 6) is 1.45. The van der Waals surface area contributed by atoms with Crippen LogP contribution in [0.5, 0.6) is 0 Å². The van der Waals surface area contributed by atoms with Crippen molar-refractivity contribution >= 4 is 11.5 Å². The van der Waals surface area contributed by atoms with Gasteiger partial charge in [-0.15, -0.1) is 0 Å². The summed E-state index contributed by atoms with van der Waals surface area (Å²) < 4.78 is 5.27. The third-order valence-electron chi connectivity index (χ3n) is 2.18. The summed E-state index contributed by atoms with van der Waals surface area (Å²) in [7, 11) is 1.98. The van der Waals surface area contributed by atoms with Crippen molar-refractivity contribution < 1.29 is 4.42 Å². The maximum atomic E-state index is 5.61. The lowest BCUT2D eigenvalue weighted by Gasteiger charge is -2.17. The Morgan fingerprint density at radius 3 is 3.00 bits per heavy atom. The van der Waals surface area contributed by atoms with Crippen molar-refractivity contribution in [3.05, 3.63) is 42.5 Å². The van der Waals surface area contributed by atoms with Gasteiger partial charge >= 0.3 is 0 Å². The van der Waals surface area contributed by atoms with Crippen LogP contribution in [0.25, 0.3) is 0 Å². The van der Waals surface area contributed by atoms with Crippen molar-refractivity contribution in [3.8, 4) is 0 Å². The largest absolute Gasteiger partial charge is 0.467 e. The van der Waals surface area contributed by atoms with Crippen LogP contribution in [0.4, 0.5) is 11.5 Å². The van der Waals surface area contributed by atoms with Crippen LogP contribution in [0.1, 0.15) is 5.76 Å². The second-order valence-corrected chi connectivity index (χ2v) is 3.37. The van der Waals surface area contributed by atoms with E-state index >= 15 is 0 Å². The number of hydrogen-bond donors (Lipinski definition) is 1. The third-order valence-corrected chi connectivity index (χ3v) is 2.18. The Hall–Kier alpha value is -1.97. The number of nitrogens with two attached hydrogens (primary N) is 1. The van der Waals surface area contributed by atoms with E-state index in [0.717, 1.165) is 18.0 Å². The van der Waals surface area contributed by atoms with Crippen LogP contribution in [0.3, 0.4) is 0 Å². The smallest absolute Gasteiger partial charge is 0.125 e. The Kier molecular flexibility index (Phi) is 2.58. The van der Waals surface area contributed by atoms with Gasteiger partial charge in [0, 0.05) is 25.0 Å². The lowest BCUT2D eigenvalue weighted by atomic mass is 10.3. The van der Waals surface area contributed by atoms with Gasteiger partial charge in [0.2, 0.25) is 0 Å². The number of anilines is 2. The Labute approximate surface area is 88.3 Å². The molecule has 0 amide bonds. The number of aromatic nitrogens is 1. The molecule has 0 unspecified atom stereocenters. The summed E-state index contributed by atoms with van der Waals surface area (Å²) in [6, 6.07) is 7.58. The van der Waals surface area contributed by atoms with Gasteiger partial charge in [-0.2, -0.15) is 0 Å². The average Bonchev–Trinajstić information content (AvgIpc) is 2.70. The molecule has 4 heteroatoms. The van der Waals surface area contributed by atoms with E-state index in [1.807, 2.05) is 31.3 Å². The Bertz CT molecular complexity index is 425. The van der Waals surface area contributed by atoms with Crippen LogP contribution < -0.4 is 10.6 Å². The fraction of sp³-hybridized carbons (Fsp3) is 0.182. The van der Waals surface area contributed by atoms with Gasteiger partial charge in [0.15, 0.2) is 0 Å². The highest BCUT2D eigenvalue weighted by Gasteiger charge is 2.04. The highest BCUT2D eigenvalue weighted by molar-refractivity contribution is 5.51. The Morgan fingerprint density at radius 2 is 2.33 bits per heavy atom. The second kappa shape index (κ2) is 4.04. The van der Waals surface area contributed by atoms with Gasteiger partial charge in [-0.3, -0.25) is 0 Å². The first-order chi connectivity index (χ1) is 7.25. The molecular formula is C11H13N3O. The highest BCUT2D eigenvalue weighted by Crippen LogP contribution is 2.16. The van der Waals surface area contributed by atoms with Crippen molar-refractivity contribution in [3.63, 3.8) is 0 Å². The summed E-state index contributed by atoms with van der Waals surface area (Å²) in [6.07, 6.45) is 3.37. The Balaban J connectivity index is 2.11. The molecule has 2 rings (SSSR count). The lowest BCUT2D eigenvalue weighted by molar-refractivity contribution is 0.507. The van der Waals surface area contributed by atoms with Crippen LogP contribution in [-0.4, -0.2) is 12.0 Å². The minimum Gasteiger partial charge on any atom is -0.467 e. The van der Waals surface area contributed by atoms with E-state index in [4.69, 9.17) is 10.2 Å². The number of furan rings is 1. The molecule has 2 heterocycles. The number of hydrogen-bond acceptors (Lipinski definition) is 4. The first-order valence-corrected chi connectivity index (χ1v) is 4.71. The molecule has 2 N–H and O–H groups in total. The van der Waals surface area contributed by atoms with Gasteiger partial charge in [0.1, 0.15) is 11.6 Å². The number of pyridine rings is 1. The minimum absolute atomic E-state index is 0.527. The van der Waals surface area contributed by atoms with Crippen molar-refractivity contribution in [1.29, 1.82) is 0 Å². The molecular weight excluding hydrogens is 190 g/mol. The van der Waals surface area contributed by atoms with Crippen molar-refractivity contribution in [2.75, 3.05) is 17.7 Å². The van der Waals surface area contributed by atoms with E-state index in [0.29, 0.717) is 5.82 Å². The fourth-order valence-corrected chi connectivity index (χ4v) is 1.40. The van der Waals surface area contributed by atoms with E-state index in [1.165, 1.54) is 0 Å². The summed E-state index contributed by atoms with van der Waals surface area (Å²) in [5.41, 5.74) is 6.64. The van der Waals surface area contributed by atoms with Crippen molar-refractivity contribution in [1.82, 2.24) is 4.98 Å². The first-order valence-electron chi connectivity index (χ1n) is 4.71. The van der Waals surface area contributed by atoms with E-state index < -0.39 is 0 Å². The molecule has 0 atom stereocenters. The van der Waals surface area contributed by atoms with Gasteiger partial charge in [0.25, 0.3) is 0 Å². The number of nitrogens with zero attached hydrogens (tertiary/aromatic N) is 2. The molecule has 0 spiro atoms. The maximum Gasteiger partial charge on any atom is 0.125 e. The minimum atomic E-state index is 0.527. The van der Waals surface area contributed by atoms with Gasteiger partial charge in [0.05, 0.1) is 12.8 Å². The quantitative estimate of drug-likeness (QED) is 0.827. The van der Waals surface area contributed by atoms with Crippen LogP contribution in [-0.2, 0) is 6.54 Å². The molecule has 0 saturated carbocycles. The zero-order valence-electron chi connectivity index (χ0n) is 8.55. The fourth-order valence-electron chi connectivity index (χ4n) is 1.40. The summed E-state index contributed by atoms with van der Waals surface area (Å²) in [4.78, 5) is 6.00. The van der Waals surface area contributed by atoms with Gasteiger partial charge in [-0.25, -0.2) is 4.98 Å². The van der Waals surface area contributed by atoms with Crippen molar-refractivity contribution in [2.24, 2.45) is 0 Å². The third kappa shape index (κ3) is 2.28. The number of rotatable bonds is 3. The molecule has 0 aliphatic heterocycles. The summed E-state index contributed by atoms with van der Waals surface area (Å²) >= 11 is 0. The van der Waals surface area contributed by atoms with Gasteiger partial charge in [-0.05, 0) is 18.2 Å². The van der Waals surface area contributed by atoms with E-state index in [1.54, 1.807) is 12.5 Å². The SMILES string of the molecule is CN(Cc1ccco1)c1ccnc(N)c1. The van der Waals surface area contributed by atoms with Crippen LogP contribution in [0.15, 0.2) is 41.1 Å². The zero-order valence-corrected chi connectivity index (χ0v) is 8.55. The summed E-state index contributed by atoms with van der Waals surface area (Å²) in [5, 5.41) is 0. The average molecular weight is 203 g/mol. The molecule has 0 bridgehead atoms. The van der Waals surface area contributed by atoms with E-state index in [-0.39, 0.29) is 0 Å². The lowest BCUT2D eigenvalue weighted by Crippen LogP contribution is -2.16. The number of nitrogen functional groups attached to an aromatic ring is 1.